The van der Waals surface area contributed by atoms with Gasteiger partial charge < -0.3 is 10.2 Å². The number of amides is 1. The van der Waals surface area contributed by atoms with E-state index in [9.17, 15) is 14.4 Å². The molecule has 0 bridgehead atoms. The molecule has 2 aromatic carbocycles. The number of nitrogens with zero attached hydrogens (tertiary/aromatic N) is 1. The first-order chi connectivity index (χ1) is 15.9. The number of thiophene rings is 1. The van der Waals surface area contributed by atoms with Crippen LogP contribution in [0.1, 0.15) is 33.3 Å². The highest BCUT2D eigenvalue weighted by molar-refractivity contribution is 7.12. The molecule has 1 N–H and O–H groups in total. The zero-order chi connectivity index (χ0) is 22.9. The van der Waals surface area contributed by atoms with Crippen molar-refractivity contribution in [1.29, 1.82) is 0 Å². The van der Waals surface area contributed by atoms with Gasteiger partial charge in [0, 0.05) is 11.4 Å². The van der Waals surface area contributed by atoms with E-state index in [0.717, 1.165) is 22.4 Å². The Morgan fingerprint density at radius 2 is 1.91 bits per heavy atom. The summed E-state index contributed by atoms with van der Waals surface area (Å²) in [6.07, 6.45) is 4.02. The summed E-state index contributed by atoms with van der Waals surface area (Å²) in [7, 11) is 0. The maximum atomic E-state index is 14.1. The molecule has 4 atom stereocenters. The van der Waals surface area contributed by atoms with E-state index in [1.807, 2.05) is 71.8 Å². The monoisotopic (exact) mass is 454 g/mol. The minimum atomic E-state index is -1.20. The van der Waals surface area contributed by atoms with Crippen LogP contribution in [-0.4, -0.2) is 29.6 Å². The van der Waals surface area contributed by atoms with Crippen LogP contribution >= 0.6 is 11.3 Å². The van der Waals surface area contributed by atoms with Crippen molar-refractivity contribution in [3.63, 3.8) is 0 Å². The molecule has 33 heavy (non-hydrogen) atoms. The zero-order valence-electron chi connectivity index (χ0n) is 18.2. The molecule has 4 unspecified atom stereocenters. The summed E-state index contributed by atoms with van der Waals surface area (Å²) in [4.78, 5) is 43.8. The molecule has 5 nitrogen and oxygen atoms in total. The van der Waals surface area contributed by atoms with Crippen molar-refractivity contribution in [1.82, 2.24) is 0 Å². The van der Waals surface area contributed by atoms with Crippen LogP contribution in [0.15, 0.2) is 66.1 Å². The predicted octanol–water partition coefficient (Wildman–Crippen LogP) is 4.62. The molecule has 4 heterocycles. The van der Waals surface area contributed by atoms with Crippen molar-refractivity contribution >= 4 is 46.3 Å². The van der Waals surface area contributed by atoms with Gasteiger partial charge in [-0.15, -0.1) is 11.3 Å². The maximum absolute atomic E-state index is 14.1. The van der Waals surface area contributed by atoms with Gasteiger partial charge in [-0.25, -0.2) is 0 Å². The Bertz CT molecular complexity index is 1360. The molecule has 0 radical (unpaired) electrons. The number of para-hydroxylation sites is 1. The van der Waals surface area contributed by atoms with E-state index < -0.39 is 23.4 Å². The fraction of sp³-hybridized carbons (Fsp3) is 0.222. The topological polar surface area (TPSA) is 66.5 Å². The van der Waals surface area contributed by atoms with Crippen molar-refractivity contribution in [2.24, 2.45) is 5.92 Å². The molecule has 1 saturated heterocycles. The lowest BCUT2D eigenvalue weighted by Gasteiger charge is -2.37. The summed E-state index contributed by atoms with van der Waals surface area (Å²) < 4.78 is 0. The van der Waals surface area contributed by atoms with Crippen LogP contribution in [0.3, 0.4) is 0 Å². The van der Waals surface area contributed by atoms with Crippen molar-refractivity contribution in [2.75, 3.05) is 10.2 Å². The molecule has 1 spiro atoms. The standard InChI is InChI=1S/C27H22N2O3S/c1-15-9-11-20-17(14-15)10-12-22-27(18-6-3-4-7-19(18)28-26(27)32)23(24(16(2)30)29(20)22)25(31)21-8-5-13-33-21/h3-14,22-24H,1-2H3,(H,28,32). The quantitative estimate of drug-likeness (QED) is 0.587. The summed E-state index contributed by atoms with van der Waals surface area (Å²) in [5.74, 6) is -1.35. The van der Waals surface area contributed by atoms with Gasteiger partial charge >= 0.3 is 0 Å². The minimum Gasteiger partial charge on any atom is -0.352 e. The van der Waals surface area contributed by atoms with Crippen LogP contribution in [-0.2, 0) is 15.0 Å². The SMILES string of the molecule is CC(=O)C1C(C(=O)c2cccs2)C2(C(=O)Nc3ccccc32)C2C=Cc3cc(C)ccc3N12. The van der Waals surface area contributed by atoms with Crippen molar-refractivity contribution in [3.05, 3.63) is 87.6 Å². The van der Waals surface area contributed by atoms with Crippen molar-refractivity contribution in [2.45, 2.75) is 31.3 Å². The molecule has 1 amide bonds. The van der Waals surface area contributed by atoms with Gasteiger partial charge in [-0.3, -0.25) is 14.4 Å². The third-order valence-electron chi connectivity index (χ3n) is 7.25. The first-order valence-electron chi connectivity index (χ1n) is 11.0. The third-order valence-corrected chi connectivity index (χ3v) is 8.14. The Morgan fingerprint density at radius 3 is 2.67 bits per heavy atom. The maximum Gasteiger partial charge on any atom is 0.238 e. The molecular formula is C27H22N2O3S. The molecule has 1 fully saturated rings. The molecule has 6 heteroatoms. The minimum absolute atomic E-state index is 0.120. The zero-order valence-corrected chi connectivity index (χ0v) is 19.1. The smallest absolute Gasteiger partial charge is 0.238 e. The number of ketones is 2. The van der Waals surface area contributed by atoms with E-state index >= 15 is 0 Å². The van der Waals surface area contributed by atoms with Crippen LogP contribution in [0.5, 0.6) is 0 Å². The van der Waals surface area contributed by atoms with Gasteiger partial charge in [-0.2, -0.15) is 0 Å². The number of benzene rings is 2. The molecule has 0 aliphatic carbocycles. The second kappa shape index (κ2) is 6.99. The molecule has 164 valence electrons. The lowest BCUT2D eigenvalue weighted by Crippen LogP contribution is -2.51. The lowest BCUT2D eigenvalue weighted by molar-refractivity contribution is -0.122. The van der Waals surface area contributed by atoms with E-state index in [4.69, 9.17) is 0 Å². The average Bonchev–Trinajstić information content (AvgIpc) is 3.50. The van der Waals surface area contributed by atoms with Gasteiger partial charge in [0.1, 0.15) is 5.41 Å². The number of hydrogen-bond acceptors (Lipinski definition) is 5. The van der Waals surface area contributed by atoms with E-state index in [1.54, 1.807) is 6.07 Å². The van der Waals surface area contributed by atoms with E-state index in [0.29, 0.717) is 10.6 Å². The van der Waals surface area contributed by atoms with E-state index in [1.165, 1.54) is 18.3 Å². The molecule has 3 aromatic rings. The normalized spacial score (nSPS) is 26.7. The van der Waals surface area contributed by atoms with Gasteiger partial charge in [0.15, 0.2) is 11.6 Å². The second-order valence-electron chi connectivity index (χ2n) is 9.02. The number of hydrogen-bond donors (Lipinski definition) is 1. The summed E-state index contributed by atoms with van der Waals surface area (Å²) in [6, 6.07) is 16.0. The summed E-state index contributed by atoms with van der Waals surface area (Å²) >= 11 is 1.35. The Kier molecular flexibility index (Phi) is 4.26. The highest BCUT2D eigenvalue weighted by Crippen LogP contribution is 2.57. The fourth-order valence-electron chi connectivity index (χ4n) is 6.02. The lowest BCUT2D eigenvalue weighted by atomic mass is 9.65. The largest absolute Gasteiger partial charge is 0.352 e. The predicted molar refractivity (Wildman–Crippen MR) is 130 cm³/mol. The first kappa shape index (κ1) is 20.1. The number of anilines is 2. The number of carbonyl (C=O) groups excluding carboxylic acids is 3. The van der Waals surface area contributed by atoms with Gasteiger partial charge in [0.2, 0.25) is 5.91 Å². The van der Waals surface area contributed by atoms with Gasteiger partial charge in [-0.05, 0) is 54.6 Å². The number of carbonyl (C=O) groups is 3. The number of aryl methyl sites for hydroxylation is 1. The number of rotatable bonds is 3. The number of nitrogens with one attached hydrogen (secondary N) is 1. The molecular weight excluding hydrogens is 432 g/mol. The molecule has 6 rings (SSSR count). The van der Waals surface area contributed by atoms with Gasteiger partial charge in [0.05, 0.1) is 22.9 Å². The highest BCUT2D eigenvalue weighted by atomic mass is 32.1. The Labute approximate surface area is 195 Å². The number of fused-ring (bicyclic) bond motifs is 6. The van der Waals surface area contributed by atoms with Crippen LogP contribution in [0, 0.1) is 12.8 Å². The van der Waals surface area contributed by atoms with Crippen molar-refractivity contribution in [3.8, 4) is 0 Å². The Hall–Kier alpha value is -3.51. The Morgan fingerprint density at radius 1 is 1.09 bits per heavy atom. The van der Waals surface area contributed by atoms with Crippen LogP contribution < -0.4 is 10.2 Å². The fourth-order valence-corrected chi connectivity index (χ4v) is 6.73. The first-order valence-corrected chi connectivity index (χ1v) is 11.9. The summed E-state index contributed by atoms with van der Waals surface area (Å²) in [6.45, 7) is 3.55. The average molecular weight is 455 g/mol. The van der Waals surface area contributed by atoms with E-state index in [2.05, 4.69) is 11.4 Å². The van der Waals surface area contributed by atoms with E-state index in [-0.39, 0.29) is 17.5 Å². The number of Topliss-reactive ketones (excluding diaryl/α,β-unsaturated/α-hetero) is 2. The van der Waals surface area contributed by atoms with Gasteiger partial charge in [0.25, 0.3) is 0 Å². The van der Waals surface area contributed by atoms with Crippen LogP contribution in [0.4, 0.5) is 11.4 Å². The third kappa shape index (κ3) is 2.55. The molecule has 0 saturated carbocycles. The van der Waals surface area contributed by atoms with Crippen molar-refractivity contribution < 1.29 is 14.4 Å². The molecule has 3 aliphatic rings. The highest BCUT2D eigenvalue weighted by Gasteiger charge is 2.69. The summed E-state index contributed by atoms with van der Waals surface area (Å²) in [5.41, 5.74) is 3.27. The molecule has 3 aliphatic heterocycles. The van der Waals surface area contributed by atoms with Crippen LogP contribution in [0.2, 0.25) is 0 Å². The van der Waals surface area contributed by atoms with Gasteiger partial charge in [-0.1, -0.05) is 48.0 Å². The summed E-state index contributed by atoms with van der Waals surface area (Å²) in [5, 5.41) is 4.88. The second-order valence-corrected chi connectivity index (χ2v) is 9.96. The van der Waals surface area contributed by atoms with Crippen LogP contribution in [0.25, 0.3) is 6.08 Å². The molecule has 1 aromatic heterocycles. The Balaban J connectivity index is 1.67.